The Balaban J connectivity index is 2.13. The van der Waals surface area contributed by atoms with E-state index >= 15 is 0 Å². The van der Waals surface area contributed by atoms with Crippen molar-refractivity contribution < 1.29 is 4.74 Å². The lowest BCUT2D eigenvalue weighted by Gasteiger charge is -2.08. The molecule has 0 amide bonds. The summed E-state index contributed by atoms with van der Waals surface area (Å²) in [5.74, 6) is 2.39. The SMILES string of the molecule is CNc1cccc(NCCCOCC(C)C)n1. The number of ether oxygens (including phenoxy) is 1. The highest BCUT2D eigenvalue weighted by atomic mass is 16.5. The van der Waals surface area contributed by atoms with Crippen molar-refractivity contribution in [3.8, 4) is 0 Å². The summed E-state index contributed by atoms with van der Waals surface area (Å²) in [5, 5.41) is 6.29. The molecular formula is C13H23N3O. The van der Waals surface area contributed by atoms with Crippen molar-refractivity contribution in [3.63, 3.8) is 0 Å². The predicted molar refractivity (Wildman–Crippen MR) is 72.5 cm³/mol. The van der Waals surface area contributed by atoms with Crippen LogP contribution in [-0.2, 0) is 4.74 Å². The van der Waals surface area contributed by atoms with Gasteiger partial charge in [-0.3, -0.25) is 0 Å². The van der Waals surface area contributed by atoms with Crippen LogP contribution in [0.3, 0.4) is 0 Å². The van der Waals surface area contributed by atoms with Crippen LogP contribution in [0.1, 0.15) is 20.3 Å². The molecule has 1 aromatic rings. The first-order chi connectivity index (χ1) is 8.22. The van der Waals surface area contributed by atoms with Crippen LogP contribution in [0.5, 0.6) is 0 Å². The minimum atomic E-state index is 0.608. The molecule has 0 aliphatic rings. The summed E-state index contributed by atoms with van der Waals surface area (Å²) in [6.45, 7) is 6.85. The van der Waals surface area contributed by atoms with Gasteiger partial charge in [0.15, 0.2) is 0 Å². The molecule has 0 radical (unpaired) electrons. The van der Waals surface area contributed by atoms with Crippen molar-refractivity contribution in [1.82, 2.24) is 4.98 Å². The number of hydrogen-bond acceptors (Lipinski definition) is 4. The molecule has 1 heterocycles. The summed E-state index contributed by atoms with van der Waals surface area (Å²) in [4.78, 5) is 4.37. The molecule has 0 saturated carbocycles. The van der Waals surface area contributed by atoms with E-state index < -0.39 is 0 Å². The maximum atomic E-state index is 5.51. The second-order valence-corrected chi connectivity index (χ2v) is 4.41. The molecule has 4 nitrogen and oxygen atoms in total. The summed E-state index contributed by atoms with van der Waals surface area (Å²) in [6, 6.07) is 5.89. The Morgan fingerprint density at radius 3 is 2.76 bits per heavy atom. The molecule has 4 heteroatoms. The summed E-state index contributed by atoms with van der Waals surface area (Å²) in [6.07, 6.45) is 0.998. The van der Waals surface area contributed by atoms with Gasteiger partial charge in [0, 0.05) is 26.8 Å². The normalized spacial score (nSPS) is 10.6. The molecule has 17 heavy (non-hydrogen) atoms. The number of hydrogen-bond donors (Lipinski definition) is 2. The Hall–Kier alpha value is -1.29. The quantitative estimate of drug-likeness (QED) is 0.682. The van der Waals surface area contributed by atoms with Crippen LogP contribution in [0.4, 0.5) is 11.6 Å². The molecule has 2 N–H and O–H groups in total. The third kappa shape index (κ3) is 6.12. The summed E-state index contributed by atoms with van der Waals surface area (Å²) >= 11 is 0. The van der Waals surface area contributed by atoms with Crippen LogP contribution < -0.4 is 10.6 Å². The standard InChI is InChI=1S/C13H23N3O/c1-11(2)10-17-9-5-8-15-13-7-4-6-12(14-3)16-13/h4,6-7,11H,5,8-10H2,1-3H3,(H2,14,15,16). The van der Waals surface area contributed by atoms with Gasteiger partial charge in [0.1, 0.15) is 11.6 Å². The summed E-state index contributed by atoms with van der Waals surface area (Å²) < 4.78 is 5.51. The van der Waals surface area contributed by atoms with Crippen molar-refractivity contribution in [3.05, 3.63) is 18.2 Å². The fourth-order valence-electron chi connectivity index (χ4n) is 1.38. The largest absolute Gasteiger partial charge is 0.381 e. The van der Waals surface area contributed by atoms with E-state index in [4.69, 9.17) is 4.74 Å². The van der Waals surface area contributed by atoms with Crippen molar-refractivity contribution in [2.45, 2.75) is 20.3 Å². The summed E-state index contributed by atoms with van der Waals surface area (Å²) in [7, 11) is 1.87. The highest BCUT2D eigenvalue weighted by Gasteiger charge is 1.96. The highest BCUT2D eigenvalue weighted by molar-refractivity contribution is 5.44. The fraction of sp³-hybridized carbons (Fsp3) is 0.615. The minimum Gasteiger partial charge on any atom is -0.381 e. The Labute approximate surface area is 104 Å². The first-order valence-corrected chi connectivity index (χ1v) is 6.19. The minimum absolute atomic E-state index is 0.608. The van der Waals surface area contributed by atoms with Crippen LogP contribution in [0, 0.1) is 5.92 Å². The fourth-order valence-corrected chi connectivity index (χ4v) is 1.38. The third-order valence-corrected chi connectivity index (χ3v) is 2.23. The Morgan fingerprint density at radius 2 is 2.06 bits per heavy atom. The maximum absolute atomic E-state index is 5.51. The number of nitrogens with one attached hydrogen (secondary N) is 2. The average Bonchev–Trinajstić information content (AvgIpc) is 2.33. The van der Waals surface area contributed by atoms with E-state index in [1.54, 1.807) is 0 Å². The van der Waals surface area contributed by atoms with Crippen molar-refractivity contribution >= 4 is 11.6 Å². The van der Waals surface area contributed by atoms with Crippen LogP contribution >= 0.6 is 0 Å². The zero-order valence-corrected chi connectivity index (χ0v) is 11.0. The van der Waals surface area contributed by atoms with Gasteiger partial charge in [0.25, 0.3) is 0 Å². The van der Waals surface area contributed by atoms with E-state index in [1.165, 1.54) is 0 Å². The Morgan fingerprint density at radius 1 is 1.29 bits per heavy atom. The van der Waals surface area contributed by atoms with Crippen LogP contribution in [0.15, 0.2) is 18.2 Å². The van der Waals surface area contributed by atoms with Crippen molar-refractivity contribution in [2.24, 2.45) is 5.92 Å². The number of nitrogens with zero attached hydrogens (tertiary/aromatic N) is 1. The van der Waals surface area contributed by atoms with Crippen LogP contribution in [0.25, 0.3) is 0 Å². The molecule has 0 spiro atoms. The lowest BCUT2D eigenvalue weighted by atomic mass is 10.2. The molecule has 1 aromatic heterocycles. The average molecular weight is 237 g/mol. The predicted octanol–water partition coefficient (Wildman–Crippen LogP) is 2.60. The van der Waals surface area contributed by atoms with E-state index in [2.05, 4.69) is 29.5 Å². The second-order valence-electron chi connectivity index (χ2n) is 4.41. The molecule has 0 fully saturated rings. The van der Waals surface area contributed by atoms with Gasteiger partial charge in [-0.05, 0) is 24.5 Å². The van der Waals surface area contributed by atoms with E-state index in [9.17, 15) is 0 Å². The van der Waals surface area contributed by atoms with Crippen LogP contribution in [-0.4, -0.2) is 31.8 Å². The van der Waals surface area contributed by atoms with Gasteiger partial charge in [-0.15, -0.1) is 0 Å². The number of pyridine rings is 1. The molecule has 0 aromatic carbocycles. The molecule has 0 saturated heterocycles. The Kier molecular flexibility index (Phi) is 6.40. The molecule has 1 rings (SSSR count). The van der Waals surface area contributed by atoms with Crippen molar-refractivity contribution in [1.29, 1.82) is 0 Å². The number of rotatable bonds is 8. The molecule has 0 unspecified atom stereocenters. The number of anilines is 2. The third-order valence-electron chi connectivity index (χ3n) is 2.23. The van der Waals surface area contributed by atoms with E-state index in [0.717, 1.165) is 37.8 Å². The molecule has 0 aliphatic carbocycles. The first-order valence-electron chi connectivity index (χ1n) is 6.19. The molecule has 0 aliphatic heterocycles. The van der Waals surface area contributed by atoms with Gasteiger partial charge in [-0.25, -0.2) is 4.98 Å². The summed E-state index contributed by atoms with van der Waals surface area (Å²) in [5.41, 5.74) is 0. The van der Waals surface area contributed by atoms with Gasteiger partial charge in [0.05, 0.1) is 0 Å². The Bertz CT molecular complexity index is 315. The highest BCUT2D eigenvalue weighted by Crippen LogP contribution is 2.07. The van der Waals surface area contributed by atoms with Gasteiger partial charge < -0.3 is 15.4 Å². The number of aromatic nitrogens is 1. The molecular weight excluding hydrogens is 214 g/mol. The van der Waals surface area contributed by atoms with Gasteiger partial charge in [0.2, 0.25) is 0 Å². The zero-order chi connectivity index (χ0) is 12.5. The topological polar surface area (TPSA) is 46.2 Å². The first kappa shape index (κ1) is 13.8. The monoisotopic (exact) mass is 237 g/mol. The molecule has 0 atom stereocenters. The smallest absolute Gasteiger partial charge is 0.128 e. The zero-order valence-electron chi connectivity index (χ0n) is 11.0. The maximum Gasteiger partial charge on any atom is 0.128 e. The van der Waals surface area contributed by atoms with E-state index in [0.29, 0.717) is 5.92 Å². The van der Waals surface area contributed by atoms with Gasteiger partial charge in [-0.2, -0.15) is 0 Å². The molecule has 0 bridgehead atoms. The van der Waals surface area contributed by atoms with E-state index in [1.807, 2.05) is 25.2 Å². The lowest BCUT2D eigenvalue weighted by Crippen LogP contribution is -2.09. The van der Waals surface area contributed by atoms with E-state index in [-0.39, 0.29) is 0 Å². The van der Waals surface area contributed by atoms with Crippen molar-refractivity contribution in [2.75, 3.05) is 37.4 Å². The lowest BCUT2D eigenvalue weighted by molar-refractivity contribution is 0.110. The van der Waals surface area contributed by atoms with Gasteiger partial charge >= 0.3 is 0 Å². The second kappa shape index (κ2) is 7.90. The molecule has 96 valence electrons. The van der Waals surface area contributed by atoms with Crippen LogP contribution in [0.2, 0.25) is 0 Å². The van der Waals surface area contributed by atoms with Gasteiger partial charge in [-0.1, -0.05) is 19.9 Å².